The molecule has 0 radical (unpaired) electrons. The van der Waals surface area contributed by atoms with Gasteiger partial charge in [-0.3, -0.25) is 9.59 Å². The molecule has 0 bridgehead atoms. The van der Waals surface area contributed by atoms with E-state index in [9.17, 15) is 9.59 Å². The summed E-state index contributed by atoms with van der Waals surface area (Å²) in [4.78, 5) is 28.2. The smallest absolute Gasteiger partial charge is 0.277 e. The highest BCUT2D eigenvalue weighted by Gasteiger charge is 2.07. The molecule has 7 nitrogen and oxygen atoms in total. The summed E-state index contributed by atoms with van der Waals surface area (Å²) in [5.74, 6) is 0.421. The van der Waals surface area contributed by atoms with Crippen LogP contribution in [0.2, 0.25) is 0 Å². The summed E-state index contributed by atoms with van der Waals surface area (Å²) in [5.41, 5.74) is 3.68. The maximum atomic E-state index is 12.0. The van der Waals surface area contributed by atoms with Gasteiger partial charge in [0.05, 0.1) is 6.42 Å². The van der Waals surface area contributed by atoms with Crippen LogP contribution in [0.3, 0.4) is 0 Å². The van der Waals surface area contributed by atoms with E-state index in [1.54, 1.807) is 13.0 Å². The topological polar surface area (TPSA) is 92.7 Å². The van der Waals surface area contributed by atoms with Crippen molar-refractivity contribution >= 4 is 34.1 Å². The molecule has 0 spiro atoms. The van der Waals surface area contributed by atoms with Crippen LogP contribution in [0.15, 0.2) is 65.8 Å². The highest BCUT2D eigenvalue weighted by atomic mass is 16.5. The van der Waals surface area contributed by atoms with Crippen molar-refractivity contribution in [3.05, 3.63) is 66.4 Å². The van der Waals surface area contributed by atoms with E-state index in [4.69, 9.17) is 4.74 Å². The number of anilines is 1. The Morgan fingerprint density at radius 1 is 1.00 bits per heavy atom. The van der Waals surface area contributed by atoms with Crippen LogP contribution < -0.4 is 15.5 Å². The van der Waals surface area contributed by atoms with Crippen molar-refractivity contribution in [3.8, 4) is 5.75 Å². The largest absolute Gasteiger partial charge is 0.484 e. The first-order valence-corrected chi connectivity index (χ1v) is 9.17. The number of carbonyl (C=O) groups excluding carboxylic acids is 2. The third kappa shape index (κ3) is 6.14. The first-order chi connectivity index (χ1) is 14.0. The zero-order chi connectivity index (χ0) is 20.6. The van der Waals surface area contributed by atoms with Crippen LogP contribution in [0.1, 0.15) is 19.0 Å². The van der Waals surface area contributed by atoms with Gasteiger partial charge in [0.1, 0.15) is 11.6 Å². The van der Waals surface area contributed by atoms with Crippen LogP contribution in [0.4, 0.5) is 5.82 Å². The standard InChI is InChI=1S/C22H22N4O3/c1-15-6-5-9-20(23-15)24-21(27)12-16(2)25-26-22(28)14-29-19-11-10-17-7-3-4-8-18(17)13-19/h3-11,13H,12,14H2,1-2H3,(H,26,28)(H,23,24,27)/b25-16+. The van der Waals surface area contributed by atoms with Crippen molar-refractivity contribution in [2.45, 2.75) is 20.3 Å². The van der Waals surface area contributed by atoms with Gasteiger partial charge >= 0.3 is 0 Å². The number of aryl methyl sites for hydroxylation is 1. The zero-order valence-corrected chi connectivity index (χ0v) is 16.3. The molecule has 0 fully saturated rings. The van der Waals surface area contributed by atoms with Crippen LogP contribution in [0.5, 0.6) is 5.75 Å². The number of fused-ring (bicyclic) bond motifs is 1. The molecule has 3 rings (SSSR count). The van der Waals surface area contributed by atoms with Gasteiger partial charge in [-0.25, -0.2) is 10.4 Å². The maximum absolute atomic E-state index is 12.0. The Hall–Kier alpha value is -3.74. The molecule has 0 unspecified atom stereocenters. The minimum absolute atomic E-state index is 0.0431. The van der Waals surface area contributed by atoms with E-state index >= 15 is 0 Å². The molecule has 2 amide bonds. The highest BCUT2D eigenvalue weighted by molar-refractivity contribution is 6.05. The third-order valence-electron chi connectivity index (χ3n) is 4.03. The van der Waals surface area contributed by atoms with E-state index in [1.807, 2.05) is 61.5 Å². The number of amides is 2. The molecule has 0 saturated heterocycles. The van der Waals surface area contributed by atoms with Gasteiger partial charge < -0.3 is 10.1 Å². The zero-order valence-electron chi connectivity index (χ0n) is 16.3. The summed E-state index contributed by atoms with van der Waals surface area (Å²) in [6.07, 6.45) is 0.0431. The number of carbonyl (C=O) groups is 2. The molecule has 3 aromatic rings. The van der Waals surface area contributed by atoms with Crippen molar-refractivity contribution in [2.24, 2.45) is 5.10 Å². The van der Waals surface area contributed by atoms with Crippen LogP contribution >= 0.6 is 0 Å². The lowest BCUT2D eigenvalue weighted by Crippen LogP contribution is -2.26. The van der Waals surface area contributed by atoms with E-state index in [0.29, 0.717) is 17.3 Å². The van der Waals surface area contributed by atoms with Gasteiger partial charge in [0.15, 0.2) is 6.61 Å². The fourth-order valence-corrected chi connectivity index (χ4v) is 2.67. The normalized spacial score (nSPS) is 11.2. The predicted molar refractivity (Wildman–Crippen MR) is 113 cm³/mol. The number of hydrogen-bond acceptors (Lipinski definition) is 5. The number of ether oxygens (including phenoxy) is 1. The highest BCUT2D eigenvalue weighted by Crippen LogP contribution is 2.20. The summed E-state index contributed by atoms with van der Waals surface area (Å²) in [6.45, 7) is 3.33. The lowest BCUT2D eigenvalue weighted by atomic mass is 10.1. The molecule has 2 N–H and O–H groups in total. The molecule has 1 aromatic heterocycles. The fraction of sp³-hybridized carbons (Fsp3) is 0.182. The minimum atomic E-state index is -0.404. The van der Waals surface area contributed by atoms with Crippen molar-refractivity contribution in [1.82, 2.24) is 10.4 Å². The number of benzene rings is 2. The number of rotatable bonds is 7. The summed E-state index contributed by atoms with van der Waals surface area (Å²) in [7, 11) is 0. The number of pyridine rings is 1. The molecule has 0 saturated carbocycles. The summed E-state index contributed by atoms with van der Waals surface area (Å²) < 4.78 is 5.51. The van der Waals surface area contributed by atoms with Crippen LogP contribution in [-0.2, 0) is 9.59 Å². The van der Waals surface area contributed by atoms with E-state index in [0.717, 1.165) is 16.5 Å². The Kier molecular flexibility index (Phi) is 6.52. The molecule has 0 aliphatic rings. The molecule has 0 atom stereocenters. The Morgan fingerprint density at radius 3 is 2.59 bits per heavy atom. The van der Waals surface area contributed by atoms with E-state index < -0.39 is 5.91 Å². The first kappa shape index (κ1) is 20.0. The second-order valence-electron chi connectivity index (χ2n) is 6.57. The molecular weight excluding hydrogens is 368 g/mol. The number of nitrogens with zero attached hydrogens (tertiary/aromatic N) is 2. The summed E-state index contributed by atoms with van der Waals surface area (Å²) in [5, 5.41) is 8.77. The van der Waals surface area contributed by atoms with E-state index in [-0.39, 0.29) is 18.9 Å². The summed E-state index contributed by atoms with van der Waals surface area (Å²) in [6, 6.07) is 18.9. The van der Waals surface area contributed by atoms with Gasteiger partial charge in [-0.2, -0.15) is 5.10 Å². The average Bonchev–Trinajstić information content (AvgIpc) is 2.70. The second-order valence-corrected chi connectivity index (χ2v) is 6.57. The van der Waals surface area contributed by atoms with Gasteiger partial charge in [0.25, 0.3) is 5.91 Å². The molecule has 1 heterocycles. The number of hydrogen-bond donors (Lipinski definition) is 2. The van der Waals surface area contributed by atoms with Crippen LogP contribution in [0.25, 0.3) is 10.8 Å². The predicted octanol–water partition coefficient (Wildman–Crippen LogP) is 3.44. The molecule has 0 aliphatic carbocycles. The van der Waals surface area contributed by atoms with Gasteiger partial charge in [-0.05, 0) is 48.9 Å². The number of hydrazone groups is 1. The monoisotopic (exact) mass is 390 g/mol. The van der Waals surface area contributed by atoms with Gasteiger partial charge in [-0.1, -0.05) is 36.4 Å². The molecule has 29 heavy (non-hydrogen) atoms. The first-order valence-electron chi connectivity index (χ1n) is 9.17. The molecule has 148 valence electrons. The minimum Gasteiger partial charge on any atom is -0.484 e. The number of nitrogens with one attached hydrogen (secondary N) is 2. The van der Waals surface area contributed by atoms with Crippen molar-refractivity contribution in [1.29, 1.82) is 0 Å². The van der Waals surface area contributed by atoms with E-state index in [2.05, 4.69) is 20.8 Å². The summed E-state index contributed by atoms with van der Waals surface area (Å²) >= 11 is 0. The number of aromatic nitrogens is 1. The SMILES string of the molecule is C/C(CC(=O)Nc1cccc(C)n1)=N\NC(=O)COc1ccc2ccccc2c1. The average molecular weight is 390 g/mol. The molecule has 0 aliphatic heterocycles. The van der Waals surface area contributed by atoms with Gasteiger partial charge in [0, 0.05) is 11.4 Å². The van der Waals surface area contributed by atoms with Crippen LogP contribution in [-0.4, -0.2) is 29.1 Å². The Morgan fingerprint density at radius 2 is 1.79 bits per heavy atom. The lowest BCUT2D eigenvalue weighted by Gasteiger charge is -2.07. The van der Waals surface area contributed by atoms with Crippen molar-refractivity contribution in [2.75, 3.05) is 11.9 Å². The molecule has 2 aromatic carbocycles. The van der Waals surface area contributed by atoms with Crippen LogP contribution in [0, 0.1) is 6.92 Å². The lowest BCUT2D eigenvalue weighted by molar-refractivity contribution is -0.123. The quantitative estimate of drug-likeness (QED) is 0.477. The Balaban J connectivity index is 1.45. The van der Waals surface area contributed by atoms with Crippen molar-refractivity contribution in [3.63, 3.8) is 0 Å². The Labute approximate surface area is 168 Å². The third-order valence-corrected chi connectivity index (χ3v) is 4.03. The Bertz CT molecular complexity index is 1060. The van der Waals surface area contributed by atoms with Crippen molar-refractivity contribution < 1.29 is 14.3 Å². The second kappa shape index (κ2) is 9.45. The van der Waals surface area contributed by atoms with Gasteiger partial charge in [-0.15, -0.1) is 0 Å². The molecule has 7 heteroatoms. The fourth-order valence-electron chi connectivity index (χ4n) is 2.67. The van der Waals surface area contributed by atoms with Gasteiger partial charge in [0.2, 0.25) is 5.91 Å². The molecular formula is C22H22N4O3. The maximum Gasteiger partial charge on any atom is 0.277 e. The van der Waals surface area contributed by atoms with E-state index in [1.165, 1.54) is 0 Å².